The lowest BCUT2D eigenvalue weighted by molar-refractivity contribution is -0.128. The third kappa shape index (κ3) is 5.48. The maximum atomic E-state index is 12.4. The average molecular weight is 396 g/mol. The second kappa shape index (κ2) is 9.97. The fourth-order valence-electron chi connectivity index (χ4n) is 2.64. The molecule has 2 rings (SSSR count). The summed E-state index contributed by atoms with van der Waals surface area (Å²) in [6.07, 6.45) is 4.62. The van der Waals surface area contributed by atoms with E-state index < -0.39 is 5.25 Å². The second-order valence-electron chi connectivity index (χ2n) is 6.40. The van der Waals surface area contributed by atoms with Gasteiger partial charge >= 0.3 is 0 Å². The van der Waals surface area contributed by atoms with E-state index in [9.17, 15) is 9.59 Å². The molecule has 0 spiro atoms. The van der Waals surface area contributed by atoms with Crippen LogP contribution < -0.4 is 5.32 Å². The predicted molar refractivity (Wildman–Crippen MR) is 109 cm³/mol. The molecule has 2 amide bonds. The molecule has 1 aliphatic rings. The first-order valence-corrected chi connectivity index (χ1v) is 10.2. The van der Waals surface area contributed by atoms with Crippen molar-refractivity contribution in [2.75, 3.05) is 13.6 Å². The van der Waals surface area contributed by atoms with Gasteiger partial charge in [-0.3, -0.25) is 14.5 Å². The number of amides is 2. The summed E-state index contributed by atoms with van der Waals surface area (Å²) in [5.74, 6) is -0.171. The molecule has 1 fully saturated rings. The Morgan fingerprint density at radius 2 is 2.12 bits per heavy atom. The highest BCUT2D eigenvalue weighted by atomic mass is 35.5. The van der Waals surface area contributed by atoms with Crippen molar-refractivity contribution in [3.05, 3.63) is 28.8 Å². The second-order valence-corrected chi connectivity index (χ2v) is 7.97. The molecule has 0 unspecified atom stereocenters. The zero-order valence-corrected chi connectivity index (χ0v) is 17.1. The van der Waals surface area contributed by atoms with Gasteiger partial charge < -0.3 is 5.32 Å². The molecule has 1 saturated heterocycles. The van der Waals surface area contributed by atoms with Crippen LogP contribution in [0.1, 0.15) is 44.6 Å². The molecular formula is C19H26ClN3O2S. The van der Waals surface area contributed by atoms with E-state index in [1.54, 1.807) is 7.05 Å². The molecule has 1 heterocycles. The van der Waals surface area contributed by atoms with Gasteiger partial charge in [-0.05, 0) is 31.0 Å². The fourth-order valence-corrected chi connectivity index (χ4v) is 3.95. The Bertz CT molecular complexity index is 693. The highest BCUT2D eigenvalue weighted by Crippen LogP contribution is 2.32. The Balaban J connectivity index is 1.94. The number of unbranched alkanes of at least 4 members (excludes halogenated alkanes) is 3. The molecule has 0 radical (unpaired) electrons. The van der Waals surface area contributed by atoms with Gasteiger partial charge in [0.1, 0.15) is 5.25 Å². The maximum Gasteiger partial charge on any atom is 0.242 e. The SMILES string of the molecule is CCCCCCNC(=O)C[C@H]1SC(=Nc2cccc(Cl)c2C)N(C)C1=O. The number of thioether (sulfide) groups is 1. The number of nitrogens with one attached hydrogen (secondary N) is 1. The van der Waals surface area contributed by atoms with E-state index in [1.165, 1.54) is 29.5 Å². The fraction of sp³-hybridized carbons (Fsp3) is 0.526. The minimum Gasteiger partial charge on any atom is -0.356 e. The number of benzene rings is 1. The van der Waals surface area contributed by atoms with Crippen molar-refractivity contribution in [2.45, 2.75) is 51.2 Å². The molecule has 0 aromatic heterocycles. The Kier molecular flexibility index (Phi) is 7.97. The van der Waals surface area contributed by atoms with Gasteiger partial charge in [0, 0.05) is 25.0 Å². The Morgan fingerprint density at radius 3 is 2.85 bits per heavy atom. The van der Waals surface area contributed by atoms with Gasteiger partial charge in [0.15, 0.2) is 5.17 Å². The number of hydrogen-bond donors (Lipinski definition) is 1. The summed E-state index contributed by atoms with van der Waals surface area (Å²) >= 11 is 7.47. The Hall–Kier alpha value is -1.53. The zero-order valence-electron chi connectivity index (χ0n) is 15.5. The molecule has 1 aliphatic heterocycles. The molecule has 0 saturated carbocycles. The van der Waals surface area contributed by atoms with E-state index >= 15 is 0 Å². The summed E-state index contributed by atoms with van der Waals surface area (Å²) in [5.41, 5.74) is 1.61. The first-order chi connectivity index (χ1) is 12.4. The number of aliphatic imine (C=N–C) groups is 1. The van der Waals surface area contributed by atoms with E-state index in [1.807, 2.05) is 25.1 Å². The minimum atomic E-state index is -0.422. The lowest BCUT2D eigenvalue weighted by atomic mass is 10.2. The van der Waals surface area contributed by atoms with E-state index in [0.29, 0.717) is 16.7 Å². The van der Waals surface area contributed by atoms with E-state index in [4.69, 9.17) is 11.6 Å². The van der Waals surface area contributed by atoms with Crippen molar-refractivity contribution in [1.29, 1.82) is 0 Å². The van der Waals surface area contributed by atoms with Crippen molar-refractivity contribution >= 4 is 46.0 Å². The van der Waals surface area contributed by atoms with Gasteiger partial charge in [-0.15, -0.1) is 0 Å². The molecule has 7 heteroatoms. The summed E-state index contributed by atoms with van der Waals surface area (Å²) in [7, 11) is 1.69. The first kappa shape index (κ1) is 20.8. The van der Waals surface area contributed by atoms with Crippen LogP contribution in [0.3, 0.4) is 0 Å². The van der Waals surface area contributed by atoms with Gasteiger partial charge in [-0.2, -0.15) is 0 Å². The summed E-state index contributed by atoms with van der Waals surface area (Å²) in [6.45, 7) is 4.72. The number of hydrogen-bond acceptors (Lipinski definition) is 4. The molecule has 1 aromatic carbocycles. The van der Waals surface area contributed by atoms with Crippen molar-refractivity contribution in [2.24, 2.45) is 4.99 Å². The summed E-state index contributed by atoms with van der Waals surface area (Å²) in [6, 6.07) is 5.51. The molecule has 5 nitrogen and oxygen atoms in total. The topological polar surface area (TPSA) is 61.8 Å². The summed E-state index contributed by atoms with van der Waals surface area (Å²) in [4.78, 5) is 30.6. The van der Waals surface area contributed by atoms with Gasteiger partial charge in [0.2, 0.25) is 11.8 Å². The van der Waals surface area contributed by atoms with Crippen molar-refractivity contribution in [3.8, 4) is 0 Å². The van der Waals surface area contributed by atoms with Crippen LogP contribution in [0, 0.1) is 6.92 Å². The largest absolute Gasteiger partial charge is 0.356 e. The van der Waals surface area contributed by atoms with Crippen LogP contribution in [0.15, 0.2) is 23.2 Å². The van der Waals surface area contributed by atoms with E-state index in [-0.39, 0.29) is 18.2 Å². The van der Waals surface area contributed by atoms with Gasteiger partial charge in [-0.25, -0.2) is 4.99 Å². The average Bonchev–Trinajstić information content (AvgIpc) is 2.87. The van der Waals surface area contributed by atoms with Crippen molar-refractivity contribution < 1.29 is 9.59 Å². The molecule has 142 valence electrons. The standard InChI is InChI=1S/C19H26ClN3O2S/c1-4-5-6-7-11-21-17(24)12-16-18(25)23(3)19(26-16)22-15-10-8-9-14(20)13(15)2/h8-10,16H,4-7,11-12H2,1-3H3,(H,21,24)/t16-/m1/s1. The van der Waals surface area contributed by atoms with Crippen LogP contribution in [0.4, 0.5) is 5.69 Å². The smallest absolute Gasteiger partial charge is 0.242 e. The number of rotatable bonds is 8. The number of carbonyl (C=O) groups excluding carboxylic acids is 2. The van der Waals surface area contributed by atoms with E-state index in [0.717, 1.165) is 24.1 Å². The van der Waals surface area contributed by atoms with Crippen molar-refractivity contribution in [1.82, 2.24) is 10.2 Å². The minimum absolute atomic E-state index is 0.0825. The Morgan fingerprint density at radius 1 is 1.35 bits per heavy atom. The van der Waals surface area contributed by atoms with Crippen molar-refractivity contribution in [3.63, 3.8) is 0 Å². The first-order valence-electron chi connectivity index (χ1n) is 8.98. The monoisotopic (exact) mass is 395 g/mol. The molecule has 0 bridgehead atoms. The van der Waals surface area contributed by atoms with Crippen LogP contribution >= 0.6 is 23.4 Å². The van der Waals surface area contributed by atoms with Crippen LogP contribution in [-0.4, -0.2) is 40.7 Å². The number of carbonyl (C=O) groups is 2. The Labute approximate surface area is 164 Å². The van der Waals surface area contributed by atoms with Gasteiger partial charge in [0.05, 0.1) is 5.69 Å². The highest BCUT2D eigenvalue weighted by molar-refractivity contribution is 8.15. The van der Waals surface area contributed by atoms with Gasteiger partial charge in [-0.1, -0.05) is 55.6 Å². The highest BCUT2D eigenvalue weighted by Gasteiger charge is 2.36. The molecular weight excluding hydrogens is 370 g/mol. The molecule has 0 aliphatic carbocycles. The molecule has 1 N–H and O–H groups in total. The lowest BCUT2D eigenvalue weighted by Gasteiger charge is -2.10. The number of halogens is 1. The third-order valence-corrected chi connectivity index (χ3v) is 5.96. The third-order valence-electron chi connectivity index (χ3n) is 4.32. The molecule has 1 aromatic rings. The quantitative estimate of drug-likeness (QED) is 0.667. The number of nitrogens with zero attached hydrogens (tertiary/aromatic N) is 2. The normalized spacial score (nSPS) is 18.6. The lowest BCUT2D eigenvalue weighted by Crippen LogP contribution is -2.32. The van der Waals surface area contributed by atoms with Crippen LogP contribution in [-0.2, 0) is 9.59 Å². The summed E-state index contributed by atoms with van der Waals surface area (Å²) < 4.78 is 0. The molecule has 26 heavy (non-hydrogen) atoms. The van der Waals surface area contributed by atoms with Crippen LogP contribution in [0.5, 0.6) is 0 Å². The summed E-state index contributed by atoms with van der Waals surface area (Å²) in [5, 5.41) is 3.72. The number of amidine groups is 1. The zero-order chi connectivity index (χ0) is 19.1. The van der Waals surface area contributed by atoms with Gasteiger partial charge in [0.25, 0.3) is 0 Å². The van der Waals surface area contributed by atoms with E-state index in [2.05, 4.69) is 17.2 Å². The molecule has 1 atom stereocenters. The maximum absolute atomic E-state index is 12.4. The predicted octanol–water partition coefficient (Wildman–Crippen LogP) is 4.30. The van der Waals surface area contributed by atoms with Crippen LogP contribution in [0.2, 0.25) is 5.02 Å². The van der Waals surface area contributed by atoms with Crippen LogP contribution in [0.25, 0.3) is 0 Å².